The molecular formula is C25H22N2O7. The summed E-state index contributed by atoms with van der Waals surface area (Å²) in [6, 6.07) is 14.1. The molecule has 1 aromatic heterocycles. The minimum atomic E-state index is -1.08. The molecule has 1 aliphatic rings. The highest BCUT2D eigenvalue weighted by molar-refractivity contribution is 6.34. The molecule has 1 unspecified atom stereocenters. The van der Waals surface area contributed by atoms with E-state index in [1.54, 1.807) is 36.4 Å². The van der Waals surface area contributed by atoms with Crippen LogP contribution in [0.25, 0.3) is 0 Å². The van der Waals surface area contributed by atoms with Gasteiger partial charge < -0.3 is 19.2 Å². The van der Waals surface area contributed by atoms with Gasteiger partial charge in [-0.1, -0.05) is 0 Å². The molecule has 0 spiro atoms. The first-order chi connectivity index (χ1) is 16.4. The summed E-state index contributed by atoms with van der Waals surface area (Å²) >= 11 is 0. The maximum atomic E-state index is 13.0. The Morgan fingerprint density at radius 2 is 1.76 bits per heavy atom. The number of carbonyl (C=O) groups excluding carboxylic acids is 4. The molecule has 1 N–H and O–H groups in total. The van der Waals surface area contributed by atoms with Crippen molar-refractivity contribution in [2.45, 2.75) is 26.5 Å². The molecule has 9 heteroatoms. The lowest BCUT2D eigenvalue weighted by molar-refractivity contribution is -0.129. The van der Waals surface area contributed by atoms with E-state index in [0.717, 1.165) is 4.90 Å². The third-order valence-corrected chi connectivity index (χ3v) is 5.20. The average molecular weight is 462 g/mol. The van der Waals surface area contributed by atoms with Gasteiger partial charge in [0.05, 0.1) is 41.8 Å². The van der Waals surface area contributed by atoms with Gasteiger partial charge >= 0.3 is 5.97 Å². The number of esters is 1. The Labute approximate surface area is 195 Å². The standard InChI is InChI=1S/C25H22N2O7/c1-3-32-18-9-7-17(8-10-18)27-23(29)20-11-6-16(13-21(20)24(27)30)25(31)34-15(2)22(28)26-14-19-5-4-12-33-19/h4-13,15H,3,14H2,1-2H3,(H,26,28). The van der Waals surface area contributed by atoms with Gasteiger partial charge in [-0.25, -0.2) is 9.69 Å². The molecule has 2 heterocycles. The summed E-state index contributed by atoms with van der Waals surface area (Å²) in [7, 11) is 0. The lowest BCUT2D eigenvalue weighted by Crippen LogP contribution is -2.35. The molecule has 4 rings (SSSR count). The van der Waals surface area contributed by atoms with Crippen molar-refractivity contribution in [3.8, 4) is 5.75 Å². The number of ether oxygens (including phenoxy) is 2. The normalized spacial score (nSPS) is 13.4. The Balaban J connectivity index is 1.44. The molecule has 0 fully saturated rings. The molecule has 0 saturated heterocycles. The number of imide groups is 1. The van der Waals surface area contributed by atoms with E-state index >= 15 is 0 Å². The van der Waals surface area contributed by atoms with E-state index < -0.39 is 29.8 Å². The largest absolute Gasteiger partial charge is 0.494 e. The number of fused-ring (bicyclic) bond motifs is 1. The molecule has 0 saturated carbocycles. The molecule has 0 radical (unpaired) electrons. The summed E-state index contributed by atoms with van der Waals surface area (Å²) in [5.74, 6) is -1.15. The zero-order chi connectivity index (χ0) is 24.2. The summed E-state index contributed by atoms with van der Waals surface area (Å²) in [5.41, 5.74) is 0.711. The van der Waals surface area contributed by atoms with Gasteiger partial charge in [-0.3, -0.25) is 14.4 Å². The fourth-order valence-electron chi connectivity index (χ4n) is 3.47. The first-order valence-corrected chi connectivity index (χ1v) is 10.7. The lowest BCUT2D eigenvalue weighted by Gasteiger charge is -2.14. The quantitative estimate of drug-likeness (QED) is 0.403. The Kier molecular flexibility index (Phi) is 6.44. The number of nitrogens with zero attached hydrogens (tertiary/aromatic N) is 1. The van der Waals surface area contributed by atoms with Crippen LogP contribution in [-0.4, -0.2) is 36.4 Å². The number of furan rings is 1. The molecule has 9 nitrogen and oxygen atoms in total. The molecule has 1 aliphatic heterocycles. The second-order valence-corrected chi connectivity index (χ2v) is 7.48. The summed E-state index contributed by atoms with van der Waals surface area (Å²) < 4.78 is 15.8. The molecule has 0 bridgehead atoms. The Hall–Kier alpha value is -4.40. The zero-order valence-corrected chi connectivity index (χ0v) is 18.6. The van der Waals surface area contributed by atoms with E-state index in [2.05, 4.69) is 5.32 Å². The van der Waals surface area contributed by atoms with E-state index in [0.29, 0.717) is 23.8 Å². The highest BCUT2D eigenvalue weighted by Crippen LogP contribution is 2.30. The van der Waals surface area contributed by atoms with Gasteiger partial charge in [0.1, 0.15) is 11.5 Å². The van der Waals surface area contributed by atoms with Crippen molar-refractivity contribution in [1.29, 1.82) is 0 Å². The van der Waals surface area contributed by atoms with Crippen molar-refractivity contribution < 1.29 is 33.1 Å². The van der Waals surface area contributed by atoms with Gasteiger partial charge in [0.15, 0.2) is 6.10 Å². The van der Waals surface area contributed by atoms with Crippen LogP contribution in [0.4, 0.5) is 5.69 Å². The minimum absolute atomic E-state index is 0.0547. The number of hydrogen-bond donors (Lipinski definition) is 1. The number of benzene rings is 2. The van der Waals surface area contributed by atoms with Crippen LogP contribution in [0.5, 0.6) is 5.75 Å². The summed E-state index contributed by atoms with van der Waals surface area (Å²) in [6.07, 6.45) is 0.412. The second kappa shape index (κ2) is 9.62. The highest BCUT2D eigenvalue weighted by Gasteiger charge is 2.37. The van der Waals surface area contributed by atoms with Gasteiger partial charge in [0, 0.05) is 0 Å². The maximum absolute atomic E-state index is 13.0. The third kappa shape index (κ3) is 4.54. The van der Waals surface area contributed by atoms with Crippen LogP contribution in [0.2, 0.25) is 0 Å². The van der Waals surface area contributed by atoms with Gasteiger partial charge in [-0.15, -0.1) is 0 Å². The number of hydrogen-bond acceptors (Lipinski definition) is 7. The number of amides is 3. The predicted octanol–water partition coefficient (Wildman–Crippen LogP) is 3.34. The number of carbonyl (C=O) groups is 4. The molecule has 1 atom stereocenters. The van der Waals surface area contributed by atoms with Crippen LogP contribution < -0.4 is 15.0 Å². The SMILES string of the molecule is CCOc1ccc(N2C(=O)c3ccc(C(=O)OC(C)C(=O)NCc4ccco4)cc3C2=O)cc1. The molecule has 3 aromatic rings. The van der Waals surface area contributed by atoms with Crippen LogP contribution >= 0.6 is 0 Å². The fourth-order valence-corrected chi connectivity index (χ4v) is 3.47. The Morgan fingerprint density at radius 3 is 2.44 bits per heavy atom. The third-order valence-electron chi connectivity index (χ3n) is 5.20. The van der Waals surface area contributed by atoms with E-state index in [1.807, 2.05) is 6.92 Å². The van der Waals surface area contributed by atoms with Gasteiger partial charge in [0.2, 0.25) is 0 Å². The van der Waals surface area contributed by atoms with Crippen molar-refractivity contribution in [3.05, 3.63) is 83.3 Å². The van der Waals surface area contributed by atoms with E-state index in [9.17, 15) is 19.2 Å². The molecule has 174 valence electrons. The topological polar surface area (TPSA) is 115 Å². The number of rotatable bonds is 8. The first-order valence-electron chi connectivity index (χ1n) is 10.7. The second-order valence-electron chi connectivity index (χ2n) is 7.48. The smallest absolute Gasteiger partial charge is 0.338 e. The van der Waals surface area contributed by atoms with Gasteiger partial charge in [-0.2, -0.15) is 0 Å². The molecular weight excluding hydrogens is 440 g/mol. The zero-order valence-electron chi connectivity index (χ0n) is 18.6. The number of nitrogens with one attached hydrogen (secondary N) is 1. The summed E-state index contributed by atoms with van der Waals surface area (Å²) in [6.45, 7) is 3.94. The average Bonchev–Trinajstić information content (AvgIpc) is 3.44. The van der Waals surface area contributed by atoms with Crippen LogP contribution in [0.1, 0.15) is 50.7 Å². The monoisotopic (exact) mass is 462 g/mol. The van der Waals surface area contributed by atoms with Crippen LogP contribution in [0, 0.1) is 0 Å². The fraction of sp³-hybridized carbons (Fsp3) is 0.200. The van der Waals surface area contributed by atoms with Crippen molar-refractivity contribution in [2.24, 2.45) is 0 Å². The highest BCUT2D eigenvalue weighted by atomic mass is 16.5. The minimum Gasteiger partial charge on any atom is -0.494 e. The molecule has 34 heavy (non-hydrogen) atoms. The van der Waals surface area contributed by atoms with Crippen LogP contribution in [0.3, 0.4) is 0 Å². The summed E-state index contributed by atoms with van der Waals surface area (Å²) in [4.78, 5) is 51.6. The molecule has 2 aromatic carbocycles. The van der Waals surface area contributed by atoms with Crippen LogP contribution in [-0.2, 0) is 16.1 Å². The van der Waals surface area contributed by atoms with Crippen molar-refractivity contribution in [1.82, 2.24) is 5.32 Å². The molecule has 3 amide bonds. The first kappa shape index (κ1) is 22.8. The van der Waals surface area contributed by atoms with Crippen molar-refractivity contribution in [2.75, 3.05) is 11.5 Å². The number of anilines is 1. The van der Waals surface area contributed by atoms with Crippen molar-refractivity contribution in [3.63, 3.8) is 0 Å². The van der Waals surface area contributed by atoms with E-state index in [-0.39, 0.29) is 23.2 Å². The van der Waals surface area contributed by atoms with Crippen LogP contribution in [0.15, 0.2) is 65.3 Å². The summed E-state index contributed by atoms with van der Waals surface area (Å²) in [5, 5.41) is 2.61. The van der Waals surface area contributed by atoms with E-state index in [1.165, 1.54) is 31.4 Å². The van der Waals surface area contributed by atoms with Gasteiger partial charge in [-0.05, 0) is 68.4 Å². The Morgan fingerprint density at radius 1 is 1.03 bits per heavy atom. The van der Waals surface area contributed by atoms with E-state index in [4.69, 9.17) is 13.9 Å². The predicted molar refractivity (Wildman–Crippen MR) is 121 cm³/mol. The van der Waals surface area contributed by atoms with Gasteiger partial charge in [0.25, 0.3) is 17.7 Å². The molecule has 0 aliphatic carbocycles. The maximum Gasteiger partial charge on any atom is 0.338 e. The van der Waals surface area contributed by atoms with Crippen molar-refractivity contribution >= 4 is 29.4 Å². The Bertz CT molecular complexity index is 1230. The lowest BCUT2D eigenvalue weighted by atomic mass is 10.1.